The van der Waals surface area contributed by atoms with E-state index in [0.29, 0.717) is 17.5 Å². The number of guanidine groups is 1. The summed E-state index contributed by atoms with van der Waals surface area (Å²) in [7, 11) is -3.16. The third-order valence-electron chi connectivity index (χ3n) is 3.32. The number of aryl methyl sites for hydroxylation is 1. The van der Waals surface area contributed by atoms with Gasteiger partial charge in [0.2, 0.25) is 0 Å². The zero-order valence-electron chi connectivity index (χ0n) is 13.2. The Labute approximate surface area is 149 Å². The van der Waals surface area contributed by atoms with Crippen LogP contribution < -0.4 is 10.6 Å². The molecule has 0 saturated heterocycles. The molecule has 1 fully saturated rings. The fourth-order valence-electron chi connectivity index (χ4n) is 2.14. The van der Waals surface area contributed by atoms with Gasteiger partial charge < -0.3 is 10.6 Å². The van der Waals surface area contributed by atoms with Gasteiger partial charge in [-0.2, -0.15) is 0 Å². The molecule has 0 unspecified atom stereocenters. The molecule has 0 heterocycles. The highest BCUT2D eigenvalue weighted by Crippen LogP contribution is 2.19. The lowest BCUT2D eigenvalue weighted by atomic mass is 10.1. The Morgan fingerprint density at radius 1 is 1.36 bits per heavy atom. The van der Waals surface area contributed by atoms with E-state index in [1.807, 2.05) is 26.0 Å². The predicted molar refractivity (Wildman–Crippen MR) is 101 cm³/mol. The van der Waals surface area contributed by atoms with Crippen molar-refractivity contribution in [3.63, 3.8) is 0 Å². The largest absolute Gasteiger partial charge is 0.357 e. The third-order valence-corrected chi connectivity index (χ3v) is 4.58. The van der Waals surface area contributed by atoms with Crippen LogP contribution in [0.25, 0.3) is 0 Å². The number of rotatable bonds is 5. The maximum Gasteiger partial charge on any atom is 0.191 e. The molecule has 2 N–H and O–H groups in total. The SMILES string of the molecule is CCNC(=NCc1ccc(S(C)(=O)=O)c(C)c1)NC1CC1.I. The second-order valence-electron chi connectivity index (χ2n) is 5.49. The van der Waals surface area contributed by atoms with Gasteiger partial charge in [-0.3, -0.25) is 0 Å². The van der Waals surface area contributed by atoms with E-state index in [2.05, 4.69) is 15.6 Å². The van der Waals surface area contributed by atoms with Crippen molar-refractivity contribution in [1.82, 2.24) is 10.6 Å². The summed E-state index contributed by atoms with van der Waals surface area (Å²) in [6.45, 7) is 5.21. The maximum atomic E-state index is 11.6. The second kappa shape index (κ2) is 8.14. The van der Waals surface area contributed by atoms with E-state index < -0.39 is 9.84 Å². The Bertz CT molecular complexity index is 640. The molecule has 7 heteroatoms. The van der Waals surface area contributed by atoms with E-state index in [0.717, 1.165) is 23.6 Å². The molecule has 0 radical (unpaired) electrons. The first-order valence-corrected chi connectivity index (χ1v) is 9.13. The molecule has 1 aromatic rings. The number of benzene rings is 1. The fourth-order valence-corrected chi connectivity index (χ4v) is 3.10. The van der Waals surface area contributed by atoms with Gasteiger partial charge in [0.05, 0.1) is 11.4 Å². The van der Waals surface area contributed by atoms with Gasteiger partial charge in [-0.25, -0.2) is 13.4 Å². The number of hydrogen-bond donors (Lipinski definition) is 2. The topological polar surface area (TPSA) is 70.6 Å². The fraction of sp³-hybridized carbons (Fsp3) is 0.533. The van der Waals surface area contributed by atoms with Crippen LogP contribution in [-0.4, -0.2) is 33.2 Å². The van der Waals surface area contributed by atoms with Crippen LogP contribution in [0.3, 0.4) is 0 Å². The van der Waals surface area contributed by atoms with E-state index in [9.17, 15) is 8.42 Å². The van der Waals surface area contributed by atoms with Gasteiger partial charge in [-0.05, 0) is 43.9 Å². The highest BCUT2D eigenvalue weighted by atomic mass is 127. The molecule has 0 atom stereocenters. The van der Waals surface area contributed by atoms with Crippen molar-refractivity contribution in [1.29, 1.82) is 0 Å². The molecule has 2 rings (SSSR count). The smallest absolute Gasteiger partial charge is 0.191 e. The first-order chi connectivity index (χ1) is 9.90. The van der Waals surface area contributed by atoms with Gasteiger partial charge in [0, 0.05) is 18.8 Å². The van der Waals surface area contributed by atoms with Crippen LogP contribution in [0.1, 0.15) is 30.9 Å². The molecule has 0 bridgehead atoms. The van der Waals surface area contributed by atoms with Crippen molar-refractivity contribution >= 4 is 39.8 Å². The number of nitrogens with one attached hydrogen (secondary N) is 2. The first-order valence-electron chi connectivity index (χ1n) is 7.24. The van der Waals surface area contributed by atoms with E-state index >= 15 is 0 Å². The Kier molecular flexibility index (Phi) is 7.11. The molecule has 1 aliphatic carbocycles. The molecular weight excluding hydrogens is 413 g/mol. The minimum absolute atomic E-state index is 0. The molecule has 0 aliphatic heterocycles. The second-order valence-corrected chi connectivity index (χ2v) is 7.47. The van der Waals surface area contributed by atoms with Gasteiger partial charge in [0.25, 0.3) is 0 Å². The summed E-state index contributed by atoms with van der Waals surface area (Å²) in [6.07, 6.45) is 3.63. The molecule has 1 aromatic carbocycles. The Balaban J connectivity index is 0.00000242. The summed E-state index contributed by atoms with van der Waals surface area (Å²) in [4.78, 5) is 4.93. The number of hydrogen-bond acceptors (Lipinski definition) is 3. The van der Waals surface area contributed by atoms with Crippen molar-refractivity contribution in [3.8, 4) is 0 Å². The first kappa shape index (κ1) is 19.2. The Morgan fingerprint density at radius 2 is 2.05 bits per heavy atom. The molecule has 5 nitrogen and oxygen atoms in total. The molecule has 0 spiro atoms. The maximum absolute atomic E-state index is 11.6. The average Bonchev–Trinajstić information content (AvgIpc) is 3.18. The van der Waals surface area contributed by atoms with Gasteiger partial charge in [-0.15, -0.1) is 24.0 Å². The number of sulfone groups is 1. The molecule has 22 heavy (non-hydrogen) atoms. The lowest BCUT2D eigenvalue weighted by Crippen LogP contribution is -2.38. The summed E-state index contributed by atoms with van der Waals surface area (Å²) in [6, 6.07) is 5.93. The van der Waals surface area contributed by atoms with Crippen molar-refractivity contribution in [2.75, 3.05) is 12.8 Å². The Morgan fingerprint density at radius 3 is 2.55 bits per heavy atom. The minimum atomic E-state index is -3.16. The molecular formula is C15H24IN3O2S. The quantitative estimate of drug-likeness (QED) is 0.421. The van der Waals surface area contributed by atoms with Gasteiger partial charge in [-0.1, -0.05) is 12.1 Å². The van der Waals surface area contributed by atoms with Crippen molar-refractivity contribution < 1.29 is 8.42 Å². The van der Waals surface area contributed by atoms with E-state index in [1.165, 1.54) is 19.1 Å². The molecule has 0 aromatic heterocycles. The molecule has 1 saturated carbocycles. The predicted octanol–water partition coefficient (Wildman–Crippen LogP) is 2.23. The number of nitrogens with zero attached hydrogens (tertiary/aromatic N) is 1. The summed E-state index contributed by atoms with van der Waals surface area (Å²) < 4.78 is 23.2. The van der Waals surface area contributed by atoms with E-state index in [1.54, 1.807) is 6.07 Å². The highest BCUT2D eigenvalue weighted by Gasteiger charge is 2.22. The zero-order chi connectivity index (χ0) is 15.5. The van der Waals surface area contributed by atoms with Crippen LogP contribution in [0, 0.1) is 6.92 Å². The van der Waals surface area contributed by atoms with Gasteiger partial charge in [0.15, 0.2) is 15.8 Å². The van der Waals surface area contributed by atoms with E-state index in [4.69, 9.17) is 0 Å². The van der Waals surface area contributed by atoms with Crippen molar-refractivity contribution in [2.45, 2.75) is 44.2 Å². The van der Waals surface area contributed by atoms with Crippen molar-refractivity contribution in [2.24, 2.45) is 4.99 Å². The highest BCUT2D eigenvalue weighted by molar-refractivity contribution is 14.0. The van der Waals surface area contributed by atoms with Crippen LogP contribution >= 0.6 is 24.0 Å². The molecule has 1 aliphatic rings. The lowest BCUT2D eigenvalue weighted by Gasteiger charge is -2.10. The summed E-state index contributed by atoms with van der Waals surface area (Å²) in [5.74, 6) is 0.824. The van der Waals surface area contributed by atoms with Gasteiger partial charge >= 0.3 is 0 Å². The van der Waals surface area contributed by atoms with Crippen molar-refractivity contribution in [3.05, 3.63) is 29.3 Å². The summed E-state index contributed by atoms with van der Waals surface area (Å²) in [5, 5.41) is 6.57. The Hall–Kier alpha value is -0.830. The van der Waals surface area contributed by atoms with Gasteiger partial charge in [0.1, 0.15) is 0 Å². The van der Waals surface area contributed by atoms with Crippen LogP contribution in [-0.2, 0) is 16.4 Å². The molecule has 0 amide bonds. The molecule has 124 valence electrons. The average molecular weight is 437 g/mol. The lowest BCUT2D eigenvalue weighted by molar-refractivity contribution is 0.601. The van der Waals surface area contributed by atoms with Crippen LogP contribution in [0.5, 0.6) is 0 Å². The number of halogens is 1. The van der Waals surface area contributed by atoms with Crippen LogP contribution in [0.15, 0.2) is 28.1 Å². The minimum Gasteiger partial charge on any atom is -0.357 e. The van der Waals surface area contributed by atoms with E-state index in [-0.39, 0.29) is 24.0 Å². The normalized spacial score (nSPS) is 15.1. The third kappa shape index (κ3) is 5.75. The zero-order valence-corrected chi connectivity index (χ0v) is 16.4. The van der Waals surface area contributed by atoms with Crippen LogP contribution in [0.2, 0.25) is 0 Å². The number of aliphatic imine (C=N–C) groups is 1. The standard InChI is InChI=1S/C15H23N3O2S.HI/c1-4-16-15(18-13-6-7-13)17-10-12-5-8-14(11(2)9-12)21(3,19)20;/h5,8-9,13H,4,6-7,10H2,1-3H3,(H2,16,17,18);1H. The summed E-state index contributed by atoms with van der Waals surface area (Å²) >= 11 is 0. The van der Waals surface area contributed by atoms with Crippen LogP contribution in [0.4, 0.5) is 0 Å². The summed E-state index contributed by atoms with van der Waals surface area (Å²) in [5.41, 5.74) is 1.78. The monoisotopic (exact) mass is 437 g/mol.